The Morgan fingerprint density at radius 2 is 0.690 bits per heavy atom. The van der Waals surface area contributed by atoms with Crippen LogP contribution in [0.1, 0.15) is 247 Å². The van der Waals surface area contributed by atoms with Gasteiger partial charge in [-0.25, -0.2) is 13.6 Å². The first-order valence-electron chi connectivity index (χ1n) is 40.5. The first-order chi connectivity index (χ1) is 50.7. The number of pyridine rings is 2. The van der Waals surface area contributed by atoms with Crippen molar-refractivity contribution < 1.29 is 41.4 Å². The Morgan fingerprint density at radius 3 is 0.966 bits per heavy atom. The largest absolute Gasteiger partial charge is 0.360 e. The lowest BCUT2D eigenvalue weighted by Crippen LogP contribution is -2.50. The molecule has 0 spiro atoms. The molecule has 0 atom stereocenters. The van der Waals surface area contributed by atoms with Gasteiger partial charge in [-0.15, -0.1) is 0 Å². The van der Waals surface area contributed by atoms with Crippen molar-refractivity contribution in [1.29, 1.82) is 0 Å². The molecule has 0 aliphatic heterocycles. The van der Waals surface area contributed by atoms with Gasteiger partial charge < -0.3 is 28.6 Å². The Balaban J connectivity index is -0.000000674. The smallest absolute Gasteiger partial charge is 0.238 e. The van der Waals surface area contributed by atoms with Gasteiger partial charge in [0.05, 0.1) is 51.0 Å². The number of likely N-dealkylation sites (N-methyl/N-ethyl adjacent to an activating group) is 6. The van der Waals surface area contributed by atoms with Crippen molar-refractivity contribution in [1.82, 2.24) is 54.3 Å². The van der Waals surface area contributed by atoms with Gasteiger partial charge >= 0.3 is 0 Å². The maximum absolute atomic E-state index is 12.8. The number of aromatic nitrogens is 3. The number of amides is 5. The molecule has 0 saturated heterocycles. The second kappa shape index (κ2) is 48.3. The molecule has 0 aliphatic carbocycles. The molecule has 3 aromatic heterocycles. The quantitative estimate of drug-likeness (QED) is 0.0547. The maximum Gasteiger partial charge on any atom is 0.238 e. The Bertz CT molecular complexity index is 3570. The van der Waals surface area contributed by atoms with Gasteiger partial charge in [-0.3, -0.25) is 63.3 Å². The van der Waals surface area contributed by atoms with E-state index in [1.165, 1.54) is 17.7 Å². The fraction of sp³-hybridized carbons (Fsp3) is 0.739. The van der Waals surface area contributed by atoms with E-state index in [9.17, 15) is 32.4 Å². The molecule has 0 fully saturated rings. The van der Waals surface area contributed by atoms with Crippen LogP contribution in [0.25, 0.3) is 0 Å². The SMILES string of the molecule is C.C.C.CN(CCN(C(=O)C(C)(C)C)c1cccnc1)C(C)(C)C.CN(CCN(CC[N+](C)(C)C)C(=O)C(C)(C)C)C(C)(C)C.CN(CCN(CCc1ccc(S(N)(=O)=O)cc1)C(=O)C(C)(C)C)C(C)(C)C.CN(CCN(CCc1cccnc1)C(=O)C(C)(C)C)C(C)(C)C.Cc1cc(N(CCN(C)C(C)(C)C)C(=O)C(C)(C)C)no1. The molecule has 4 aromatic rings. The zero-order valence-electron chi connectivity index (χ0n) is 78.8. The number of sulfonamides is 1. The summed E-state index contributed by atoms with van der Waals surface area (Å²) in [5.41, 5.74) is 1.47. The molecule has 0 aliphatic rings. The van der Waals surface area contributed by atoms with Crippen LogP contribution in [0.3, 0.4) is 0 Å². The van der Waals surface area contributed by atoms with Crippen molar-refractivity contribution in [3.8, 4) is 0 Å². The van der Waals surface area contributed by atoms with Crippen molar-refractivity contribution >= 4 is 51.1 Å². The van der Waals surface area contributed by atoms with Crippen LogP contribution in [-0.2, 0) is 46.8 Å². The minimum absolute atomic E-state index is 0. The van der Waals surface area contributed by atoms with E-state index in [0.29, 0.717) is 44.2 Å². The highest BCUT2D eigenvalue weighted by Crippen LogP contribution is 2.28. The van der Waals surface area contributed by atoms with Crippen molar-refractivity contribution in [2.45, 2.75) is 282 Å². The number of nitrogens with zero attached hydrogens (tertiary/aromatic N) is 14. The molecule has 116 heavy (non-hydrogen) atoms. The molecule has 0 bridgehead atoms. The second-order valence-electron chi connectivity index (χ2n) is 41.6. The average molecular weight is 1650 g/mol. The summed E-state index contributed by atoms with van der Waals surface area (Å²) in [6, 6.07) is 16.1. The lowest BCUT2D eigenvalue weighted by atomic mass is 9.94. The van der Waals surface area contributed by atoms with Crippen LogP contribution >= 0.6 is 0 Å². The maximum atomic E-state index is 12.8. The number of hydrogen-bond donors (Lipinski definition) is 1. The van der Waals surface area contributed by atoms with Gasteiger partial charge in [-0.2, -0.15) is 0 Å². The van der Waals surface area contributed by atoms with Gasteiger partial charge in [0, 0.05) is 158 Å². The van der Waals surface area contributed by atoms with E-state index in [1.807, 2.05) is 155 Å². The first kappa shape index (κ1) is 116. The van der Waals surface area contributed by atoms with E-state index >= 15 is 0 Å². The topological polar surface area (TPSA) is 230 Å². The number of anilines is 2. The summed E-state index contributed by atoms with van der Waals surface area (Å²) in [5.74, 6) is 2.06. The second-order valence-corrected chi connectivity index (χ2v) is 43.1. The van der Waals surface area contributed by atoms with Crippen LogP contribution in [-0.4, -0.2) is 272 Å². The number of quaternary nitrogens is 1. The number of carbonyl (C=O) groups is 5. The molecule has 0 unspecified atom stereocenters. The molecule has 24 heteroatoms. The van der Waals surface area contributed by atoms with Crippen molar-refractivity contribution in [2.24, 2.45) is 32.2 Å². The summed E-state index contributed by atoms with van der Waals surface area (Å²) in [6.45, 7) is 74.5. The summed E-state index contributed by atoms with van der Waals surface area (Å²) < 4.78 is 28.7. The fourth-order valence-corrected chi connectivity index (χ4v) is 10.7. The van der Waals surface area contributed by atoms with Crippen molar-refractivity contribution in [3.05, 3.63) is 96.3 Å². The molecular weight excluding hydrogens is 1480 g/mol. The molecule has 672 valence electrons. The molecule has 2 N–H and O–H groups in total. The van der Waals surface area contributed by atoms with Crippen molar-refractivity contribution in [2.75, 3.05) is 158 Å². The summed E-state index contributed by atoms with van der Waals surface area (Å²) in [5, 5.41) is 9.14. The highest BCUT2D eigenvalue weighted by atomic mass is 32.2. The Morgan fingerprint density at radius 1 is 0.388 bits per heavy atom. The van der Waals surface area contributed by atoms with Gasteiger partial charge in [-0.05, 0) is 200 Å². The van der Waals surface area contributed by atoms with Crippen LogP contribution in [0, 0.1) is 34.0 Å². The normalized spacial score (nSPS) is 12.6. The summed E-state index contributed by atoms with van der Waals surface area (Å²) in [7, 11) is 13.3. The van der Waals surface area contributed by atoms with Crippen LogP contribution in [0.5, 0.6) is 0 Å². The highest BCUT2D eigenvalue weighted by Gasteiger charge is 2.35. The highest BCUT2D eigenvalue weighted by molar-refractivity contribution is 7.89. The third-order valence-corrected chi connectivity index (χ3v) is 20.9. The molecule has 0 saturated carbocycles. The standard InChI is InChI=1S/C20H35N3O3S.C19H33N3O.C17H29N3O.C17H38N3O.C16H29N3O2.3CH4/c1-19(2,3)18(24)23(15-14-22(7)20(4,5)6)13-12-16-8-10-17(11-9-16)27(21,25)26;1-18(2,3)17(23)22(14-13-21(7)19(4,5)6)12-10-16-9-8-11-20-15-16;1-16(2,3)15(21)20(14-9-8-10-18-13-14)12-11-19(7)17(4,5)6;1-16(2,3)15(21)19(13-14-20(8,9)10)12-11-18(7)17(4,5)6;1-12-11-13(17-21-12)19(14(20)15(2,3)4)10-9-18(8)16(5,6)7;;;/h8-11H,12-15H2,1-7H3,(H2,21,25,26);8-9,11,15H,10,12-14H2,1-7H3;8-10,13H,11-12H2,1-7H3;11-14H2,1-10H3;11H,9-10H2,1-8H3;3*1H4/q;;;+1;;;;. The number of hydrogen-bond acceptors (Lipinski definition) is 16. The Kier molecular flexibility index (Phi) is 48.3. The molecule has 3 heterocycles. The molecule has 1 aromatic carbocycles. The zero-order chi connectivity index (χ0) is 88.5. The Hall–Kier alpha value is -6.25. The lowest BCUT2D eigenvalue weighted by Gasteiger charge is -2.36. The predicted molar refractivity (Wildman–Crippen MR) is 492 cm³/mol. The number of carbonyl (C=O) groups excluding carboxylic acids is 5. The number of aryl methyl sites for hydroxylation is 1. The number of nitrogens with two attached hydrogens (primary N) is 1. The molecule has 5 amide bonds. The van der Waals surface area contributed by atoms with Crippen LogP contribution in [0.4, 0.5) is 11.5 Å². The summed E-state index contributed by atoms with van der Waals surface area (Å²) >= 11 is 0. The monoisotopic (exact) mass is 1650 g/mol. The summed E-state index contributed by atoms with van der Waals surface area (Å²) in [6.07, 6.45) is 8.63. The number of primary sulfonamides is 1. The lowest BCUT2D eigenvalue weighted by molar-refractivity contribution is -0.869. The van der Waals surface area contributed by atoms with Crippen LogP contribution < -0.4 is 14.9 Å². The van der Waals surface area contributed by atoms with Crippen LogP contribution in [0.15, 0.2) is 88.8 Å². The van der Waals surface area contributed by atoms with E-state index in [1.54, 1.807) is 41.7 Å². The molecule has 4 rings (SSSR count). The van der Waals surface area contributed by atoms with Crippen molar-refractivity contribution in [3.63, 3.8) is 0 Å². The third-order valence-electron chi connectivity index (χ3n) is 19.9. The zero-order valence-corrected chi connectivity index (χ0v) is 79.6. The first-order valence-corrected chi connectivity index (χ1v) is 42.0. The van der Waals surface area contributed by atoms with E-state index in [-0.39, 0.29) is 95.2 Å². The summed E-state index contributed by atoms with van der Waals surface area (Å²) in [4.78, 5) is 92.8. The Labute approximate surface area is 711 Å². The van der Waals surface area contributed by atoms with Crippen LogP contribution in [0.2, 0.25) is 0 Å². The molecular formula is C92H176N15O8S+. The number of rotatable bonds is 27. The van der Waals surface area contributed by atoms with Gasteiger partial charge in [0.15, 0.2) is 5.82 Å². The van der Waals surface area contributed by atoms with E-state index in [2.05, 4.69) is 206 Å². The third kappa shape index (κ3) is 45.8. The minimum atomic E-state index is -3.69. The minimum Gasteiger partial charge on any atom is -0.360 e. The number of benzene rings is 1. The van der Waals surface area contributed by atoms with E-state index in [0.717, 1.165) is 87.6 Å². The average Bonchev–Trinajstić information content (AvgIpc) is 1.49. The van der Waals surface area contributed by atoms with Gasteiger partial charge in [0.25, 0.3) is 0 Å². The molecule has 23 nitrogen and oxygen atoms in total. The van der Waals surface area contributed by atoms with E-state index < -0.39 is 26.3 Å². The molecule has 0 radical (unpaired) electrons. The van der Waals surface area contributed by atoms with Gasteiger partial charge in [0.1, 0.15) is 5.76 Å². The van der Waals surface area contributed by atoms with Gasteiger partial charge in [0.2, 0.25) is 39.6 Å². The predicted octanol–water partition coefficient (Wildman–Crippen LogP) is 16.2. The fourth-order valence-electron chi connectivity index (χ4n) is 10.2. The van der Waals surface area contributed by atoms with Gasteiger partial charge in [-0.1, -0.05) is 149 Å². The van der Waals surface area contributed by atoms with E-state index in [4.69, 9.17) is 9.66 Å².